The maximum atomic E-state index is 11.8. The van der Waals surface area contributed by atoms with Crippen molar-refractivity contribution in [3.63, 3.8) is 0 Å². The summed E-state index contributed by atoms with van der Waals surface area (Å²) in [6.45, 7) is 2.05. The van der Waals surface area contributed by atoms with Gasteiger partial charge in [0.05, 0.1) is 5.56 Å². The summed E-state index contributed by atoms with van der Waals surface area (Å²) in [6.07, 6.45) is 4.47. The molecular formula is C12H18N2O3. The molecule has 0 bridgehead atoms. The highest BCUT2D eigenvalue weighted by molar-refractivity contribution is 5.95. The molecule has 0 aliphatic heterocycles. The Kier molecular flexibility index (Phi) is 4.43. The van der Waals surface area contributed by atoms with Crippen molar-refractivity contribution in [3.8, 4) is 0 Å². The Bertz CT molecular complexity index is 526. The van der Waals surface area contributed by atoms with Crippen molar-refractivity contribution in [1.29, 1.82) is 0 Å². The molecule has 5 nitrogen and oxygen atoms in total. The Labute approximate surface area is 99.7 Å². The third-order valence-electron chi connectivity index (χ3n) is 2.75. The lowest BCUT2D eigenvalue weighted by atomic mass is 10.1. The van der Waals surface area contributed by atoms with Crippen LogP contribution in [0.3, 0.4) is 0 Å². The summed E-state index contributed by atoms with van der Waals surface area (Å²) in [7, 11) is 2.91. The van der Waals surface area contributed by atoms with Crippen LogP contribution in [0.2, 0.25) is 0 Å². The molecule has 0 aromatic carbocycles. The zero-order chi connectivity index (χ0) is 13.0. The van der Waals surface area contributed by atoms with Gasteiger partial charge in [-0.2, -0.15) is 0 Å². The molecule has 1 heterocycles. The summed E-state index contributed by atoms with van der Waals surface area (Å²) < 4.78 is 2.22. The predicted octanol–water partition coefficient (Wildman–Crippen LogP) is 0.847. The fourth-order valence-corrected chi connectivity index (χ4v) is 1.67. The fraction of sp³-hybridized carbons (Fsp3) is 0.583. The van der Waals surface area contributed by atoms with Crippen LogP contribution in [0.4, 0.5) is 0 Å². The molecule has 17 heavy (non-hydrogen) atoms. The number of unbranched alkanes of at least 4 members (excludes halogenated alkanes) is 2. The zero-order valence-electron chi connectivity index (χ0n) is 10.5. The number of carbonyl (C=O) groups excluding carboxylic acids is 1. The van der Waals surface area contributed by atoms with Gasteiger partial charge in [-0.1, -0.05) is 19.8 Å². The fourth-order valence-electron chi connectivity index (χ4n) is 1.67. The Morgan fingerprint density at radius 3 is 2.47 bits per heavy atom. The maximum Gasteiger partial charge on any atom is 0.330 e. The molecule has 0 aliphatic carbocycles. The molecule has 0 saturated carbocycles. The van der Waals surface area contributed by atoms with Gasteiger partial charge in [0.25, 0.3) is 5.56 Å². The minimum Gasteiger partial charge on any atom is -0.303 e. The van der Waals surface area contributed by atoms with Crippen molar-refractivity contribution in [2.75, 3.05) is 0 Å². The molecule has 0 N–H and O–H groups in total. The molecule has 0 aliphatic rings. The van der Waals surface area contributed by atoms with Crippen LogP contribution in [0.25, 0.3) is 0 Å². The average Bonchev–Trinajstić information content (AvgIpc) is 2.31. The monoisotopic (exact) mass is 238 g/mol. The van der Waals surface area contributed by atoms with Crippen LogP contribution in [0.5, 0.6) is 0 Å². The summed E-state index contributed by atoms with van der Waals surface area (Å²) in [5, 5.41) is 0. The van der Waals surface area contributed by atoms with Crippen molar-refractivity contribution in [1.82, 2.24) is 9.13 Å². The standard InChI is InChI=1S/C12H18N2O3/c1-4-5-6-7-10(15)9-8-13(2)12(17)14(3)11(9)16/h8H,4-7H2,1-3H3. The van der Waals surface area contributed by atoms with E-state index in [0.29, 0.717) is 6.42 Å². The molecule has 5 heteroatoms. The Balaban J connectivity index is 3.03. The second kappa shape index (κ2) is 5.61. The number of rotatable bonds is 5. The van der Waals surface area contributed by atoms with Crippen LogP contribution >= 0.6 is 0 Å². The number of aryl methyl sites for hydroxylation is 1. The lowest BCUT2D eigenvalue weighted by molar-refractivity contribution is 0.0976. The van der Waals surface area contributed by atoms with Gasteiger partial charge in [0.2, 0.25) is 0 Å². The van der Waals surface area contributed by atoms with E-state index in [1.54, 1.807) is 0 Å². The van der Waals surface area contributed by atoms with Crippen LogP contribution in [-0.4, -0.2) is 14.9 Å². The average molecular weight is 238 g/mol. The molecule has 94 valence electrons. The van der Waals surface area contributed by atoms with Crippen LogP contribution < -0.4 is 11.2 Å². The molecule has 0 atom stereocenters. The quantitative estimate of drug-likeness (QED) is 0.564. The van der Waals surface area contributed by atoms with Gasteiger partial charge in [0, 0.05) is 26.7 Å². The van der Waals surface area contributed by atoms with Crippen LogP contribution in [0.1, 0.15) is 43.0 Å². The second-order valence-electron chi connectivity index (χ2n) is 4.18. The van der Waals surface area contributed by atoms with Gasteiger partial charge < -0.3 is 4.57 Å². The van der Waals surface area contributed by atoms with Crippen molar-refractivity contribution in [3.05, 3.63) is 32.6 Å². The predicted molar refractivity (Wildman–Crippen MR) is 65.4 cm³/mol. The number of nitrogens with zero attached hydrogens (tertiary/aromatic N) is 2. The first-order chi connectivity index (χ1) is 7.99. The smallest absolute Gasteiger partial charge is 0.303 e. The Morgan fingerprint density at radius 1 is 1.24 bits per heavy atom. The number of hydrogen-bond acceptors (Lipinski definition) is 3. The molecule has 0 saturated heterocycles. The number of aromatic nitrogens is 2. The van der Waals surface area contributed by atoms with E-state index in [1.807, 2.05) is 0 Å². The summed E-state index contributed by atoms with van der Waals surface area (Å²) in [4.78, 5) is 35.0. The Morgan fingerprint density at radius 2 is 1.88 bits per heavy atom. The second-order valence-corrected chi connectivity index (χ2v) is 4.18. The van der Waals surface area contributed by atoms with Crippen molar-refractivity contribution in [2.24, 2.45) is 14.1 Å². The van der Waals surface area contributed by atoms with Gasteiger partial charge >= 0.3 is 5.69 Å². The SMILES string of the molecule is CCCCCC(=O)c1cn(C)c(=O)n(C)c1=O. The number of Topliss-reactive ketones (excluding diaryl/α,β-unsaturated/α-hetero) is 1. The van der Waals surface area contributed by atoms with Crippen LogP contribution in [0.15, 0.2) is 15.8 Å². The molecule has 0 amide bonds. The third-order valence-corrected chi connectivity index (χ3v) is 2.75. The van der Waals surface area contributed by atoms with E-state index in [4.69, 9.17) is 0 Å². The van der Waals surface area contributed by atoms with E-state index in [0.717, 1.165) is 23.8 Å². The van der Waals surface area contributed by atoms with Gasteiger partial charge in [-0.15, -0.1) is 0 Å². The van der Waals surface area contributed by atoms with Gasteiger partial charge in [-0.3, -0.25) is 14.2 Å². The molecule has 0 unspecified atom stereocenters. The van der Waals surface area contributed by atoms with E-state index in [9.17, 15) is 14.4 Å². The van der Waals surface area contributed by atoms with E-state index in [2.05, 4.69) is 6.92 Å². The lowest BCUT2D eigenvalue weighted by Crippen LogP contribution is -2.39. The van der Waals surface area contributed by atoms with Gasteiger partial charge in [0.1, 0.15) is 0 Å². The molecule has 0 fully saturated rings. The minimum atomic E-state index is -0.505. The van der Waals surface area contributed by atoms with Crippen LogP contribution in [-0.2, 0) is 14.1 Å². The van der Waals surface area contributed by atoms with Gasteiger partial charge in [-0.25, -0.2) is 4.79 Å². The topological polar surface area (TPSA) is 61.1 Å². The normalized spacial score (nSPS) is 10.5. The first-order valence-electron chi connectivity index (χ1n) is 5.79. The molecule has 0 spiro atoms. The van der Waals surface area contributed by atoms with E-state index >= 15 is 0 Å². The van der Waals surface area contributed by atoms with Gasteiger partial charge in [0.15, 0.2) is 5.78 Å². The molecule has 1 rings (SSSR count). The number of hydrogen-bond donors (Lipinski definition) is 0. The van der Waals surface area contributed by atoms with E-state index in [-0.39, 0.29) is 11.3 Å². The summed E-state index contributed by atoms with van der Waals surface area (Å²) in [5.41, 5.74) is -0.819. The van der Waals surface area contributed by atoms with Crippen molar-refractivity contribution >= 4 is 5.78 Å². The Hall–Kier alpha value is -1.65. The molecule has 1 aromatic heterocycles. The van der Waals surface area contributed by atoms with E-state index < -0.39 is 11.2 Å². The molecule has 0 radical (unpaired) electrons. The molecular weight excluding hydrogens is 220 g/mol. The van der Waals surface area contributed by atoms with Gasteiger partial charge in [-0.05, 0) is 6.42 Å². The van der Waals surface area contributed by atoms with Crippen LogP contribution in [0, 0.1) is 0 Å². The highest BCUT2D eigenvalue weighted by Crippen LogP contribution is 2.03. The highest BCUT2D eigenvalue weighted by Gasteiger charge is 2.13. The number of carbonyl (C=O) groups is 1. The number of ketones is 1. The summed E-state index contributed by atoms with van der Waals surface area (Å²) in [5.74, 6) is -0.186. The largest absolute Gasteiger partial charge is 0.330 e. The lowest BCUT2D eigenvalue weighted by Gasteiger charge is -2.05. The molecule has 1 aromatic rings. The first kappa shape index (κ1) is 13.4. The van der Waals surface area contributed by atoms with E-state index in [1.165, 1.54) is 24.9 Å². The summed E-state index contributed by atoms with van der Waals surface area (Å²) >= 11 is 0. The minimum absolute atomic E-state index is 0.103. The maximum absolute atomic E-state index is 11.8. The van der Waals surface area contributed by atoms with Crippen molar-refractivity contribution in [2.45, 2.75) is 32.6 Å². The first-order valence-corrected chi connectivity index (χ1v) is 5.79. The third kappa shape index (κ3) is 2.93. The zero-order valence-corrected chi connectivity index (χ0v) is 10.5. The van der Waals surface area contributed by atoms with Crippen molar-refractivity contribution < 1.29 is 4.79 Å². The summed E-state index contributed by atoms with van der Waals surface area (Å²) in [6, 6.07) is 0. The highest BCUT2D eigenvalue weighted by atomic mass is 16.2.